The molecule has 0 aliphatic rings. The summed E-state index contributed by atoms with van der Waals surface area (Å²) in [6.07, 6.45) is 3.43. The quantitative estimate of drug-likeness (QED) is 0.784. The van der Waals surface area contributed by atoms with E-state index < -0.39 is 5.97 Å². The van der Waals surface area contributed by atoms with Crippen LogP contribution in [0.5, 0.6) is 0 Å². The average Bonchev–Trinajstić information content (AvgIpc) is 2.26. The average molecular weight is 246 g/mol. The monoisotopic (exact) mass is 246 g/mol. The molecule has 1 rings (SSSR count). The Labute approximate surface area is 107 Å². The molecule has 0 spiro atoms. The fraction of sp³-hybridized carbons (Fsp3) is 0.286. The van der Waals surface area contributed by atoms with Crippen LogP contribution >= 0.6 is 0 Å². The molecule has 0 radical (unpaired) electrons. The van der Waals surface area contributed by atoms with Gasteiger partial charge < -0.3 is 10.0 Å². The van der Waals surface area contributed by atoms with Gasteiger partial charge in [-0.05, 0) is 25.5 Å². The highest BCUT2D eigenvalue weighted by Gasteiger charge is 2.19. The molecule has 0 atom stereocenters. The summed E-state index contributed by atoms with van der Waals surface area (Å²) in [6, 6.07) is 1.77. The summed E-state index contributed by atoms with van der Waals surface area (Å²) in [4.78, 5) is 17.5. The fourth-order valence-corrected chi connectivity index (χ4v) is 1.87. The molecule has 0 aliphatic carbocycles. The first kappa shape index (κ1) is 14.0. The third-order valence-corrected chi connectivity index (χ3v) is 2.54. The van der Waals surface area contributed by atoms with Crippen LogP contribution in [0.1, 0.15) is 21.6 Å². The Morgan fingerprint density at radius 1 is 1.39 bits per heavy atom. The van der Waals surface area contributed by atoms with Gasteiger partial charge in [0, 0.05) is 18.8 Å². The number of carbonyl (C=O) groups is 1. The summed E-state index contributed by atoms with van der Waals surface area (Å²) in [5.74, 6) is -0.493. The zero-order valence-corrected chi connectivity index (χ0v) is 10.8. The van der Waals surface area contributed by atoms with Crippen LogP contribution in [0.4, 0.5) is 5.82 Å². The van der Waals surface area contributed by atoms with Crippen LogP contribution < -0.4 is 4.90 Å². The fourth-order valence-electron chi connectivity index (χ4n) is 1.87. The molecule has 1 aromatic rings. The number of carboxylic acids is 1. The van der Waals surface area contributed by atoms with E-state index in [9.17, 15) is 9.90 Å². The number of rotatable bonds is 6. The first-order valence-corrected chi connectivity index (χ1v) is 5.69. The Morgan fingerprint density at radius 3 is 2.39 bits per heavy atom. The number of aromatic nitrogens is 1. The van der Waals surface area contributed by atoms with E-state index in [4.69, 9.17) is 0 Å². The van der Waals surface area contributed by atoms with E-state index in [2.05, 4.69) is 18.1 Å². The van der Waals surface area contributed by atoms with Crippen molar-refractivity contribution in [3.05, 3.63) is 48.2 Å². The Morgan fingerprint density at radius 2 is 1.94 bits per heavy atom. The summed E-state index contributed by atoms with van der Waals surface area (Å²) in [5, 5.41) is 9.30. The van der Waals surface area contributed by atoms with Crippen LogP contribution in [0, 0.1) is 13.8 Å². The Hall–Kier alpha value is -2.10. The molecular weight excluding hydrogens is 228 g/mol. The zero-order valence-electron chi connectivity index (χ0n) is 10.8. The van der Waals surface area contributed by atoms with E-state index in [1.165, 1.54) is 0 Å². The summed E-state index contributed by atoms with van der Waals surface area (Å²) in [7, 11) is 0. The van der Waals surface area contributed by atoms with Crippen LogP contribution in [0.3, 0.4) is 0 Å². The van der Waals surface area contributed by atoms with Crippen LogP contribution in [0.2, 0.25) is 0 Å². The molecule has 4 heteroatoms. The number of aromatic carboxylic acids is 1. The van der Waals surface area contributed by atoms with E-state index in [-0.39, 0.29) is 5.56 Å². The minimum atomic E-state index is -0.965. The van der Waals surface area contributed by atoms with Crippen molar-refractivity contribution >= 4 is 11.8 Å². The van der Waals surface area contributed by atoms with Crippen molar-refractivity contribution in [2.24, 2.45) is 0 Å². The lowest BCUT2D eigenvalue weighted by atomic mass is 10.1. The number of hydrogen-bond donors (Lipinski definition) is 1. The maximum absolute atomic E-state index is 11.3. The lowest BCUT2D eigenvalue weighted by Crippen LogP contribution is -2.27. The molecule has 0 saturated carbocycles. The van der Waals surface area contributed by atoms with Crippen molar-refractivity contribution in [2.45, 2.75) is 13.8 Å². The number of nitrogens with zero attached hydrogens (tertiary/aromatic N) is 2. The molecule has 0 unspecified atom stereocenters. The third-order valence-electron chi connectivity index (χ3n) is 2.54. The second kappa shape index (κ2) is 6.00. The van der Waals surface area contributed by atoms with E-state index >= 15 is 0 Å². The van der Waals surface area contributed by atoms with Gasteiger partial charge in [0.2, 0.25) is 0 Å². The van der Waals surface area contributed by atoms with Crippen LogP contribution in [0.25, 0.3) is 0 Å². The smallest absolute Gasteiger partial charge is 0.339 e. The highest BCUT2D eigenvalue weighted by Crippen LogP contribution is 2.22. The maximum Gasteiger partial charge on any atom is 0.339 e. The normalized spacial score (nSPS) is 9.89. The molecule has 18 heavy (non-hydrogen) atoms. The molecule has 1 N–H and O–H groups in total. The van der Waals surface area contributed by atoms with Gasteiger partial charge in [-0.2, -0.15) is 0 Å². The highest BCUT2D eigenvalue weighted by atomic mass is 16.4. The minimum absolute atomic E-state index is 0.240. The van der Waals surface area contributed by atoms with Gasteiger partial charge in [0.25, 0.3) is 0 Å². The van der Waals surface area contributed by atoms with Crippen LogP contribution in [0.15, 0.2) is 31.4 Å². The topological polar surface area (TPSA) is 53.4 Å². The Balaban J connectivity index is 3.38. The lowest BCUT2D eigenvalue weighted by molar-refractivity contribution is 0.0696. The molecule has 4 nitrogen and oxygen atoms in total. The van der Waals surface area contributed by atoms with Crippen molar-refractivity contribution < 1.29 is 9.90 Å². The molecule has 0 bridgehead atoms. The van der Waals surface area contributed by atoms with Crippen molar-refractivity contribution in [1.82, 2.24) is 4.98 Å². The van der Waals surface area contributed by atoms with Crippen LogP contribution in [-0.2, 0) is 0 Å². The summed E-state index contributed by atoms with van der Waals surface area (Å²) < 4.78 is 0. The van der Waals surface area contributed by atoms with Crippen molar-refractivity contribution in [3.8, 4) is 0 Å². The second-order valence-electron chi connectivity index (χ2n) is 4.07. The summed E-state index contributed by atoms with van der Waals surface area (Å²) in [6.45, 7) is 12.0. The van der Waals surface area contributed by atoms with Gasteiger partial charge in [-0.1, -0.05) is 12.2 Å². The van der Waals surface area contributed by atoms with E-state index in [1.807, 2.05) is 11.8 Å². The standard InChI is InChI=1S/C14H18N2O2/c1-5-7-16(8-6-2)13-12(14(17)18)10(3)9-11(4)15-13/h5-6,9H,1-2,7-8H2,3-4H3,(H,17,18). The van der Waals surface area contributed by atoms with E-state index in [0.29, 0.717) is 24.5 Å². The summed E-state index contributed by atoms with van der Waals surface area (Å²) >= 11 is 0. The van der Waals surface area contributed by atoms with Gasteiger partial charge in [-0.3, -0.25) is 0 Å². The molecule has 0 amide bonds. The molecule has 96 valence electrons. The molecule has 0 aliphatic heterocycles. The lowest BCUT2D eigenvalue weighted by Gasteiger charge is -2.23. The molecule has 1 heterocycles. The first-order chi connectivity index (χ1) is 8.51. The Kier molecular flexibility index (Phi) is 4.66. The van der Waals surface area contributed by atoms with Crippen molar-refractivity contribution in [1.29, 1.82) is 0 Å². The molecule has 1 aromatic heterocycles. The third kappa shape index (κ3) is 2.97. The molecule has 0 aromatic carbocycles. The number of carboxylic acid groups (broad SMARTS) is 1. The van der Waals surface area contributed by atoms with Gasteiger partial charge in [-0.15, -0.1) is 13.2 Å². The molecular formula is C14H18N2O2. The van der Waals surface area contributed by atoms with Gasteiger partial charge >= 0.3 is 5.97 Å². The van der Waals surface area contributed by atoms with Crippen molar-refractivity contribution in [3.63, 3.8) is 0 Å². The van der Waals surface area contributed by atoms with Gasteiger partial charge in [-0.25, -0.2) is 9.78 Å². The van der Waals surface area contributed by atoms with Gasteiger partial charge in [0.1, 0.15) is 11.4 Å². The SMILES string of the molecule is C=CCN(CC=C)c1nc(C)cc(C)c1C(=O)O. The second-order valence-corrected chi connectivity index (χ2v) is 4.07. The highest BCUT2D eigenvalue weighted by molar-refractivity contribution is 5.95. The number of aryl methyl sites for hydroxylation is 2. The van der Waals surface area contributed by atoms with Gasteiger partial charge in [0.15, 0.2) is 0 Å². The first-order valence-electron chi connectivity index (χ1n) is 5.69. The number of pyridine rings is 1. The predicted octanol–water partition coefficient (Wildman–Crippen LogP) is 2.58. The number of hydrogen-bond acceptors (Lipinski definition) is 3. The predicted molar refractivity (Wildman–Crippen MR) is 73.3 cm³/mol. The molecule has 0 fully saturated rings. The van der Waals surface area contributed by atoms with E-state index in [1.54, 1.807) is 25.1 Å². The number of anilines is 1. The Bertz CT molecular complexity index is 471. The zero-order chi connectivity index (χ0) is 13.7. The van der Waals surface area contributed by atoms with E-state index in [0.717, 1.165) is 5.69 Å². The maximum atomic E-state index is 11.3. The summed E-state index contributed by atoms with van der Waals surface area (Å²) in [5.41, 5.74) is 1.75. The van der Waals surface area contributed by atoms with Crippen LogP contribution in [-0.4, -0.2) is 29.1 Å². The van der Waals surface area contributed by atoms with Gasteiger partial charge in [0.05, 0.1) is 0 Å². The largest absolute Gasteiger partial charge is 0.478 e. The minimum Gasteiger partial charge on any atom is -0.478 e. The molecule has 0 saturated heterocycles. The van der Waals surface area contributed by atoms with Crippen molar-refractivity contribution in [2.75, 3.05) is 18.0 Å².